The Kier molecular flexibility index (Phi) is 6.92. The third-order valence-corrected chi connectivity index (χ3v) is 4.97. The average molecular weight is 372 g/mol. The molecule has 0 bridgehead atoms. The third kappa shape index (κ3) is 5.23. The molecule has 0 spiro atoms. The van der Waals surface area contributed by atoms with Gasteiger partial charge in [0.05, 0.1) is 10.7 Å². The molecule has 3 rings (SSSR count). The first-order valence-electron chi connectivity index (χ1n) is 9.31. The van der Waals surface area contributed by atoms with E-state index in [2.05, 4.69) is 16.7 Å². The molecule has 0 aliphatic carbocycles. The number of piperidine rings is 1. The van der Waals surface area contributed by atoms with E-state index in [-0.39, 0.29) is 5.91 Å². The second-order valence-electron chi connectivity index (χ2n) is 6.64. The highest BCUT2D eigenvalue weighted by molar-refractivity contribution is 6.33. The monoisotopic (exact) mass is 371 g/mol. The number of carbonyl (C=O) groups is 1. The number of halogens is 1. The minimum absolute atomic E-state index is 0.159. The smallest absolute Gasteiger partial charge is 0.253 e. The number of amides is 1. The Morgan fingerprint density at radius 1 is 1.00 bits per heavy atom. The predicted octanol–water partition coefficient (Wildman–Crippen LogP) is 4.17. The molecule has 2 aromatic rings. The van der Waals surface area contributed by atoms with Crippen LogP contribution >= 0.6 is 11.6 Å². The van der Waals surface area contributed by atoms with Crippen molar-refractivity contribution in [1.82, 2.24) is 10.2 Å². The highest BCUT2D eigenvalue weighted by Crippen LogP contribution is 2.19. The largest absolute Gasteiger partial charge is 0.383 e. The van der Waals surface area contributed by atoms with Crippen molar-refractivity contribution in [3.8, 4) is 0 Å². The van der Waals surface area contributed by atoms with Gasteiger partial charge in [-0.2, -0.15) is 0 Å². The summed E-state index contributed by atoms with van der Waals surface area (Å²) in [5.41, 5.74) is 2.87. The van der Waals surface area contributed by atoms with Crippen molar-refractivity contribution in [2.75, 3.05) is 31.5 Å². The van der Waals surface area contributed by atoms with E-state index < -0.39 is 0 Å². The van der Waals surface area contributed by atoms with Crippen LogP contribution in [0.4, 0.5) is 5.69 Å². The Balaban J connectivity index is 1.45. The molecule has 4 nitrogen and oxygen atoms in total. The highest BCUT2D eigenvalue weighted by atomic mass is 35.5. The van der Waals surface area contributed by atoms with Gasteiger partial charge in [0.15, 0.2) is 0 Å². The molecule has 0 saturated carbocycles. The van der Waals surface area contributed by atoms with Crippen molar-refractivity contribution < 1.29 is 4.79 Å². The van der Waals surface area contributed by atoms with Gasteiger partial charge < -0.3 is 15.5 Å². The fourth-order valence-corrected chi connectivity index (χ4v) is 3.42. The molecule has 0 atom stereocenters. The Morgan fingerprint density at radius 2 is 1.81 bits per heavy atom. The molecular formula is C21H26ClN3O. The van der Waals surface area contributed by atoms with Gasteiger partial charge in [-0.05, 0) is 49.1 Å². The van der Waals surface area contributed by atoms with Crippen LogP contribution in [0.15, 0.2) is 48.5 Å². The van der Waals surface area contributed by atoms with Crippen LogP contribution in [0.2, 0.25) is 5.02 Å². The molecule has 1 amide bonds. The first kappa shape index (κ1) is 18.7. The number of nitrogens with one attached hydrogen (secondary N) is 2. The summed E-state index contributed by atoms with van der Waals surface area (Å²) in [6, 6.07) is 15.7. The van der Waals surface area contributed by atoms with Gasteiger partial charge in [0, 0.05) is 38.3 Å². The van der Waals surface area contributed by atoms with Crippen LogP contribution in [0.5, 0.6) is 0 Å². The molecule has 1 heterocycles. The van der Waals surface area contributed by atoms with E-state index in [0.29, 0.717) is 0 Å². The summed E-state index contributed by atoms with van der Waals surface area (Å²) in [5.74, 6) is 0.159. The van der Waals surface area contributed by atoms with Crippen LogP contribution < -0.4 is 10.6 Å². The zero-order valence-corrected chi connectivity index (χ0v) is 15.8. The maximum atomic E-state index is 12.6. The number of benzene rings is 2. The predicted molar refractivity (Wildman–Crippen MR) is 108 cm³/mol. The Morgan fingerprint density at radius 3 is 2.62 bits per heavy atom. The average Bonchev–Trinajstić information content (AvgIpc) is 2.69. The third-order valence-electron chi connectivity index (χ3n) is 4.64. The summed E-state index contributed by atoms with van der Waals surface area (Å²) in [7, 11) is 0. The number of anilines is 1. The number of rotatable bonds is 7. The van der Waals surface area contributed by atoms with Crippen LogP contribution in [0.3, 0.4) is 0 Å². The molecule has 0 aromatic heterocycles. The normalized spacial score (nSPS) is 14.3. The van der Waals surface area contributed by atoms with Crippen molar-refractivity contribution >= 4 is 23.2 Å². The second-order valence-corrected chi connectivity index (χ2v) is 7.04. The first-order valence-corrected chi connectivity index (χ1v) is 9.69. The summed E-state index contributed by atoms with van der Waals surface area (Å²) in [6.07, 6.45) is 3.47. The molecule has 26 heavy (non-hydrogen) atoms. The van der Waals surface area contributed by atoms with E-state index in [9.17, 15) is 4.79 Å². The summed E-state index contributed by atoms with van der Waals surface area (Å²) in [4.78, 5) is 14.6. The Hall–Kier alpha value is -2.04. The molecule has 1 saturated heterocycles. The molecule has 2 N–H and O–H groups in total. The molecule has 0 unspecified atom stereocenters. The fourth-order valence-electron chi connectivity index (χ4n) is 3.22. The first-order chi connectivity index (χ1) is 12.7. The molecular weight excluding hydrogens is 346 g/mol. The maximum absolute atomic E-state index is 12.6. The van der Waals surface area contributed by atoms with E-state index in [0.717, 1.165) is 67.4 Å². The van der Waals surface area contributed by atoms with Crippen LogP contribution in [0.1, 0.15) is 35.2 Å². The maximum Gasteiger partial charge on any atom is 0.253 e. The molecule has 1 aliphatic rings. The molecule has 0 radical (unpaired) electrons. The lowest BCUT2D eigenvalue weighted by atomic mass is 10.1. The van der Waals surface area contributed by atoms with Gasteiger partial charge in [0.2, 0.25) is 0 Å². The van der Waals surface area contributed by atoms with Gasteiger partial charge in [-0.25, -0.2) is 0 Å². The molecule has 5 heteroatoms. The summed E-state index contributed by atoms with van der Waals surface area (Å²) in [6.45, 7) is 4.11. The second kappa shape index (κ2) is 9.60. The topological polar surface area (TPSA) is 44.4 Å². The van der Waals surface area contributed by atoms with Crippen LogP contribution in [0.25, 0.3) is 0 Å². The number of para-hydroxylation sites is 1. The minimum atomic E-state index is 0.159. The number of nitrogens with zero attached hydrogens (tertiary/aromatic N) is 1. The van der Waals surface area contributed by atoms with E-state index in [1.165, 1.54) is 6.42 Å². The van der Waals surface area contributed by atoms with Crippen molar-refractivity contribution in [1.29, 1.82) is 0 Å². The molecule has 1 aliphatic heterocycles. The lowest BCUT2D eigenvalue weighted by Gasteiger charge is -2.26. The number of hydrogen-bond donors (Lipinski definition) is 2. The van der Waals surface area contributed by atoms with Crippen molar-refractivity contribution in [3.63, 3.8) is 0 Å². The van der Waals surface area contributed by atoms with Crippen molar-refractivity contribution in [2.45, 2.75) is 25.8 Å². The number of hydrogen-bond acceptors (Lipinski definition) is 3. The van der Waals surface area contributed by atoms with Crippen LogP contribution in [-0.4, -0.2) is 37.0 Å². The lowest BCUT2D eigenvalue weighted by Crippen LogP contribution is -2.35. The van der Waals surface area contributed by atoms with Gasteiger partial charge >= 0.3 is 0 Å². The minimum Gasteiger partial charge on any atom is -0.383 e. The van der Waals surface area contributed by atoms with E-state index in [1.54, 1.807) is 0 Å². The van der Waals surface area contributed by atoms with Crippen molar-refractivity contribution in [2.24, 2.45) is 0 Å². The molecule has 2 aromatic carbocycles. The fraction of sp³-hybridized carbons (Fsp3) is 0.381. The zero-order chi connectivity index (χ0) is 18.2. The summed E-state index contributed by atoms with van der Waals surface area (Å²) < 4.78 is 0. The summed E-state index contributed by atoms with van der Waals surface area (Å²) in [5, 5.41) is 7.46. The van der Waals surface area contributed by atoms with Gasteiger partial charge in [0.25, 0.3) is 5.91 Å². The van der Waals surface area contributed by atoms with Crippen LogP contribution in [-0.2, 0) is 6.54 Å². The van der Waals surface area contributed by atoms with Gasteiger partial charge in [-0.1, -0.05) is 35.9 Å². The number of likely N-dealkylation sites (tertiary alicyclic amines) is 1. The molecule has 138 valence electrons. The quantitative estimate of drug-likeness (QED) is 0.718. The van der Waals surface area contributed by atoms with Gasteiger partial charge in [-0.15, -0.1) is 0 Å². The molecule has 1 fully saturated rings. The number of carbonyl (C=O) groups excluding carboxylic acids is 1. The summed E-state index contributed by atoms with van der Waals surface area (Å²) >= 11 is 6.13. The van der Waals surface area contributed by atoms with Crippen molar-refractivity contribution in [3.05, 3.63) is 64.7 Å². The van der Waals surface area contributed by atoms with E-state index in [1.807, 2.05) is 47.4 Å². The Labute approximate surface area is 160 Å². The standard InChI is InChI=1S/C21H26ClN3O/c22-19-9-2-3-10-20(19)24-12-11-23-16-17-7-6-8-18(15-17)21(26)25-13-4-1-5-14-25/h2-3,6-10,15,23-24H,1,4-5,11-14,16H2. The van der Waals surface area contributed by atoms with Gasteiger partial charge in [0.1, 0.15) is 0 Å². The van der Waals surface area contributed by atoms with Crippen LogP contribution in [0, 0.1) is 0 Å². The van der Waals surface area contributed by atoms with E-state index >= 15 is 0 Å². The van der Waals surface area contributed by atoms with E-state index in [4.69, 9.17) is 11.6 Å². The highest BCUT2D eigenvalue weighted by Gasteiger charge is 2.18. The lowest BCUT2D eigenvalue weighted by molar-refractivity contribution is 0.0724. The SMILES string of the molecule is O=C(c1cccc(CNCCNc2ccccc2Cl)c1)N1CCCCC1. The zero-order valence-electron chi connectivity index (χ0n) is 15.0. The Bertz CT molecular complexity index is 729. The van der Waals surface area contributed by atoms with Gasteiger partial charge in [-0.3, -0.25) is 4.79 Å².